The molecule has 0 aliphatic carbocycles. The van der Waals surface area contributed by atoms with Gasteiger partial charge in [0.2, 0.25) is 0 Å². The van der Waals surface area contributed by atoms with Crippen LogP contribution >= 0.6 is 27.7 Å². The van der Waals surface area contributed by atoms with Crippen molar-refractivity contribution in [3.8, 4) is 0 Å². The molecule has 0 saturated heterocycles. The van der Waals surface area contributed by atoms with Gasteiger partial charge in [0, 0.05) is 30.8 Å². The standard InChI is InChI=1S/C12H20BrN3S/c1-8(2)12-14-10(13)6-11(15-12)16(4)9(3)7-17-5/h6,8-9H,7H2,1-5H3. The largest absolute Gasteiger partial charge is 0.356 e. The lowest BCUT2D eigenvalue weighted by Crippen LogP contribution is -2.31. The summed E-state index contributed by atoms with van der Waals surface area (Å²) in [6, 6.07) is 2.44. The van der Waals surface area contributed by atoms with Gasteiger partial charge in [0.1, 0.15) is 16.2 Å². The molecule has 0 amide bonds. The van der Waals surface area contributed by atoms with E-state index in [1.165, 1.54) is 0 Å². The minimum Gasteiger partial charge on any atom is -0.356 e. The second-order valence-electron chi connectivity index (χ2n) is 4.48. The Morgan fingerprint density at radius 1 is 1.35 bits per heavy atom. The third kappa shape index (κ3) is 4.14. The zero-order valence-electron chi connectivity index (χ0n) is 11.1. The van der Waals surface area contributed by atoms with Crippen LogP contribution in [0.5, 0.6) is 0 Å². The van der Waals surface area contributed by atoms with Crippen molar-refractivity contribution >= 4 is 33.5 Å². The average molecular weight is 318 g/mol. The predicted octanol–water partition coefficient (Wildman–Crippen LogP) is 3.55. The molecule has 1 unspecified atom stereocenters. The Bertz CT molecular complexity index is 371. The molecule has 0 saturated carbocycles. The summed E-state index contributed by atoms with van der Waals surface area (Å²) in [6.07, 6.45) is 2.12. The van der Waals surface area contributed by atoms with Crippen LogP contribution in [0, 0.1) is 0 Å². The maximum atomic E-state index is 4.61. The molecule has 0 radical (unpaired) electrons. The highest BCUT2D eigenvalue weighted by molar-refractivity contribution is 9.10. The van der Waals surface area contributed by atoms with Crippen LogP contribution in [0.15, 0.2) is 10.7 Å². The molecular weight excluding hydrogens is 298 g/mol. The molecule has 0 aliphatic heterocycles. The minimum absolute atomic E-state index is 0.343. The lowest BCUT2D eigenvalue weighted by atomic mass is 10.2. The van der Waals surface area contributed by atoms with Crippen molar-refractivity contribution in [3.63, 3.8) is 0 Å². The quantitative estimate of drug-likeness (QED) is 0.777. The summed E-state index contributed by atoms with van der Waals surface area (Å²) in [5.74, 6) is 3.31. The van der Waals surface area contributed by atoms with E-state index in [2.05, 4.69) is 64.9 Å². The molecule has 1 heterocycles. The van der Waals surface area contributed by atoms with Crippen LogP contribution in [0.25, 0.3) is 0 Å². The van der Waals surface area contributed by atoms with Gasteiger partial charge in [-0.2, -0.15) is 11.8 Å². The Labute approximate surface area is 117 Å². The molecule has 1 rings (SSSR count). The Morgan fingerprint density at radius 2 is 2.00 bits per heavy atom. The molecule has 0 fully saturated rings. The SMILES string of the molecule is CSCC(C)N(C)c1cc(Br)nc(C(C)C)n1. The molecule has 0 spiro atoms. The molecule has 1 aromatic rings. The Hall–Kier alpha value is -0.290. The van der Waals surface area contributed by atoms with Gasteiger partial charge in [0.15, 0.2) is 0 Å². The van der Waals surface area contributed by atoms with E-state index in [0.717, 1.165) is 22.0 Å². The van der Waals surface area contributed by atoms with Gasteiger partial charge in [-0.25, -0.2) is 9.97 Å². The second-order valence-corrected chi connectivity index (χ2v) is 6.20. The normalized spacial score (nSPS) is 12.9. The van der Waals surface area contributed by atoms with Gasteiger partial charge in [0.05, 0.1) is 0 Å². The van der Waals surface area contributed by atoms with Crippen molar-refractivity contribution < 1.29 is 0 Å². The number of hydrogen-bond acceptors (Lipinski definition) is 4. The highest BCUT2D eigenvalue weighted by Gasteiger charge is 2.14. The van der Waals surface area contributed by atoms with E-state index in [9.17, 15) is 0 Å². The summed E-state index contributed by atoms with van der Waals surface area (Å²) in [6.45, 7) is 6.43. The summed E-state index contributed by atoms with van der Waals surface area (Å²) in [5.41, 5.74) is 0. The van der Waals surface area contributed by atoms with E-state index >= 15 is 0 Å². The Morgan fingerprint density at radius 3 is 2.53 bits per heavy atom. The van der Waals surface area contributed by atoms with E-state index in [1.807, 2.05) is 17.8 Å². The first-order chi connectivity index (χ1) is 7.95. The summed E-state index contributed by atoms with van der Waals surface area (Å²) in [4.78, 5) is 11.2. The zero-order chi connectivity index (χ0) is 13.0. The number of halogens is 1. The molecule has 5 heteroatoms. The molecule has 0 bridgehead atoms. The molecule has 96 valence electrons. The van der Waals surface area contributed by atoms with Crippen LogP contribution < -0.4 is 4.90 Å². The Balaban J connectivity index is 2.96. The van der Waals surface area contributed by atoms with Crippen LogP contribution in [-0.2, 0) is 0 Å². The van der Waals surface area contributed by atoms with E-state index < -0.39 is 0 Å². The van der Waals surface area contributed by atoms with Crippen LogP contribution in [-0.4, -0.2) is 35.1 Å². The maximum absolute atomic E-state index is 4.61. The van der Waals surface area contributed by atoms with Crippen molar-refractivity contribution in [2.45, 2.75) is 32.7 Å². The van der Waals surface area contributed by atoms with Crippen LogP contribution in [0.3, 0.4) is 0 Å². The summed E-state index contributed by atoms with van der Waals surface area (Å²) in [7, 11) is 2.08. The number of anilines is 1. The third-order valence-corrected chi connectivity index (χ3v) is 3.87. The number of hydrogen-bond donors (Lipinski definition) is 0. The smallest absolute Gasteiger partial charge is 0.134 e. The molecular formula is C12H20BrN3S. The topological polar surface area (TPSA) is 29.0 Å². The summed E-state index contributed by atoms with van der Waals surface area (Å²) >= 11 is 5.31. The monoisotopic (exact) mass is 317 g/mol. The molecule has 17 heavy (non-hydrogen) atoms. The lowest BCUT2D eigenvalue weighted by Gasteiger charge is -2.26. The molecule has 1 atom stereocenters. The second kappa shape index (κ2) is 6.59. The minimum atomic E-state index is 0.343. The summed E-state index contributed by atoms with van der Waals surface area (Å²) in [5, 5.41) is 0. The van der Waals surface area contributed by atoms with Crippen LogP contribution in [0.2, 0.25) is 0 Å². The zero-order valence-corrected chi connectivity index (χ0v) is 13.5. The number of rotatable bonds is 5. The first-order valence-corrected chi connectivity index (χ1v) is 7.90. The fourth-order valence-corrected chi connectivity index (χ4v) is 2.53. The van der Waals surface area contributed by atoms with Crippen molar-refractivity contribution in [1.82, 2.24) is 9.97 Å². The van der Waals surface area contributed by atoms with Crippen molar-refractivity contribution in [2.75, 3.05) is 24.0 Å². The number of thioether (sulfide) groups is 1. The highest BCUT2D eigenvalue weighted by Crippen LogP contribution is 2.21. The molecule has 0 aliphatic rings. The molecule has 0 aromatic carbocycles. The van der Waals surface area contributed by atoms with Crippen molar-refractivity contribution in [3.05, 3.63) is 16.5 Å². The van der Waals surface area contributed by atoms with Gasteiger partial charge in [-0.1, -0.05) is 13.8 Å². The average Bonchev–Trinajstić information content (AvgIpc) is 2.27. The highest BCUT2D eigenvalue weighted by atomic mass is 79.9. The van der Waals surface area contributed by atoms with Gasteiger partial charge < -0.3 is 4.90 Å². The van der Waals surface area contributed by atoms with Crippen molar-refractivity contribution in [1.29, 1.82) is 0 Å². The first kappa shape index (κ1) is 14.8. The number of nitrogens with zero attached hydrogens (tertiary/aromatic N) is 3. The fraction of sp³-hybridized carbons (Fsp3) is 0.667. The van der Waals surface area contributed by atoms with Crippen molar-refractivity contribution in [2.24, 2.45) is 0 Å². The molecule has 1 aromatic heterocycles. The predicted molar refractivity (Wildman–Crippen MR) is 80.1 cm³/mol. The van der Waals surface area contributed by atoms with E-state index in [0.29, 0.717) is 12.0 Å². The van der Waals surface area contributed by atoms with Gasteiger partial charge in [-0.05, 0) is 29.1 Å². The van der Waals surface area contributed by atoms with E-state index in [4.69, 9.17) is 0 Å². The number of aromatic nitrogens is 2. The Kier molecular flexibility index (Phi) is 5.73. The first-order valence-electron chi connectivity index (χ1n) is 5.72. The van der Waals surface area contributed by atoms with Gasteiger partial charge in [0.25, 0.3) is 0 Å². The molecule has 3 nitrogen and oxygen atoms in total. The summed E-state index contributed by atoms with van der Waals surface area (Å²) < 4.78 is 0.856. The van der Waals surface area contributed by atoms with E-state index in [-0.39, 0.29) is 0 Å². The van der Waals surface area contributed by atoms with Gasteiger partial charge in [-0.3, -0.25) is 0 Å². The lowest BCUT2D eigenvalue weighted by molar-refractivity contribution is 0.722. The van der Waals surface area contributed by atoms with E-state index in [1.54, 1.807) is 0 Å². The molecule has 0 N–H and O–H groups in total. The fourth-order valence-electron chi connectivity index (χ4n) is 1.44. The van der Waals surface area contributed by atoms with Crippen LogP contribution in [0.4, 0.5) is 5.82 Å². The van der Waals surface area contributed by atoms with Gasteiger partial charge in [-0.15, -0.1) is 0 Å². The van der Waals surface area contributed by atoms with Crippen LogP contribution in [0.1, 0.15) is 32.5 Å². The van der Waals surface area contributed by atoms with Gasteiger partial charge >= 0.3 is 0 Å². The maximum Gasteiger partial charge on any atom is 0.134 e. The third-order valence-electron chi connectivity index (χ3n) is 2.65.